The average Bonchev–Trinajstić information content (AvgIpc) is 3.10. The van der Waals surface area contributed by atoms with Crippen LogP contribution in [0.3, 0.4) is 0 Å². The fourth-order valence-electron chi connectivity index (χ4n) is 3.25. The molecule has 0 saturated carbocycles. The molecule has 0 aliphatic heterocycles. The van der Waals surface area contributed by atoms with Crippen LogP contribution >= 0.6 is 27.5 Å². The van der Waals surface area contributed by atoms with Gasteiger partial charge in [-0.05, 0) is 59.4 Å². The van der Waals surface area contributed by atoms with Gasteiger partial charge in [0.05, 0.1) is 11.6 Å². The lowest BCUT2D eigenvalue weighted by molar-refractivity contribution is -0.148. The standard InChI is InChI=1S/C23H23BrClNO2/c1-15(2)22(17-5-7-19(24)8-6-17)23(27)28-14-21-18(11-12-26-21)13-16-3-9-20(25)10-4-16/h3-12,15,22,26H,13-14H2,1-2H3. The van der Waals surface area contributed by atoms with Crippen LogP contribution in [0.15, 0.2) is 65.3 Å². The van der Waals surface area contributed by atoms with E-state index in [9.17, 15) is 4.79 Å². The lowest BCUT2D eigenvalue weighted by atomic mass is 9.88. The minimum absolute atomic E-state index is 0.144. The highest BCUT2D eigenvalue weighted by Crippen LogP contribution is 2.28. The van der Waals surface area contributed by atoms with Gasteiger partial charge in [0.1, 0.15) is 6.61 Å². The Kier molecular flexibility index (Phi) is 6.97. The Hall–Kier alpha value is -2.04. The summed E-state index contributed by atoms with van der Waals surface area (Å²) in [5, 5.41) is 0.722. The summed E-state index contributed by atoms with van der Waals surface area (Å²) < 4.78 is 6.68. The predicted molar refractivity (Wildman–Crippen MR) is 117 cm³/mol. The monoisotopic (exact) mass is 459 g/mol. The van der Waals surface area contributed by atoms with Crippen LogP contribution in [0, 0.1) is 5.92 Å². The first-order chi connectivity index (χ1) is 13.4. The van der Waals surface area contributed by atoms with E-state index in [4.69, 9.17) is 16.3 Å². The Morgan fingerprint density at radius 1 is 1.07 bits per heavy atom. The van der Waals surface area contributed by atoms with Crippen LogP contribution in [0.5, 0.6) is 0 Å². The van der Waals surface area contributed by atoms with Gasteiger partial charge in [-0.15, -0.1) is 0 Å². The summed E-state index contributed by atoms with van der Waals surface area (Å²) in [5.74, 6) is -0.349. The van der Waals surface area contributed by atoms with Crippen LogP contribution in [0.2, 0.25) is 5.02 Å². The lowest BCUT2D eigenvalue weighted by Gasteiger charge is -2.20. The molecule has 0 spiro atoms. The van der Waals surface area contributed by atoms with Gasteiger partial charge in [-0.2, -0.15) is 0 Å². The van der Waals surface area contributed by atoms with Gasteiger partial charge in [0.25, 0.3) is 0 Å². The molecule has 3 nitrogen and oxygen atoms in total. The van der Waals surface area contributed by atoms with Crippen molar-refractivity contribution in [3.63, 3.8) is 0 Å². The van der Waals surface area contributed by atoms with Gasteiger partial charge >= 0.3 is 5.97 Å². The zero-order valence-corrected chi connectivity index (χ0v) is 18.3. The zero-order valence-electron chi connectivity index (χ0n) is 15.9. The highest BCUT2D eigenvalue weighted by atomic mass is 79.9. The van der Waals surface area contributed by atoms with Crippen molar-refractivity contribution in [3.05, 3.63) is 92.7 Å². The first-order valence-electron chi connectivity index (χ1n) is 9.25. The smallest absolute Gasteiger partial charge is 0.314 e. The van der Waals surface area contributed by atoms with Gasteiger partial charge in [-0.3, -0.25) is 4.79 Å². The van der Waals surface area contributed by atoms with Crippen molar-refractivity contribution in [1.82, 2.24) is 4.98 Å². The van der Waals surface area contributed by atoms with Crippen LogP contribution in [0.4, 0.5) is 0 Å². The number of benzene rings is 2. The molecule has 1 unspecified atom stereocenters. The molecular weight excluding hydrogens is 438 g/mol. The first-order valence-corrected chi connectivity index (χ1v) is 10.4. The summed E-state index contributed by atoms with van der Waals surface area (Å²) in [7, 11) is 0. The Labute approximate surface area is 179 Å². The van der Waals surface area contributed by atoms with Crippen molar-refractivity contribution in [1.29, 1.82) is 0 Å². The highest BCUT2D eigenvalue weighted by Gasteiger charge is 2.26. The van der Waals surface area contributed by atoms with E-state index in [0.29, 0.717) is 0 Å². The number of carbonyl (C=O) groups excluding carboxylic acids is 1. The van der Waals surface area contributed by atoms with Crippen molar-refractivity contribution in [2.45, 2.75) is 32.8 Å². The molecule has 1 aromatic heterocycles. The van der Waals surface area contributed by atoms with Gasteiger partial charge in [-0.1, -0.05) is 65.6 Å². The number of hydrogen-bond donors (Lipinski definition) is 1. The maximum Gasteiger partial charge on any atom is 0.314 e. The molecule has 0 fully saturated rings. The summed E-state index contributed by atoms with van der Waals surface area (Å²) in [6.45, 7) is 4.30. The second-order valence-electron chi connectivity index (χ2n) is 7.17. The number of hydrogen-bond acceptors (Lipinski definition) is 2. The molecule has 0 aliphatic carbocycles. The molecule has 2 aromatic carbocycles. The van der Waals surface area contributed by atoms with Crippen molar-refractivity contribution in [3.8, 4) is 0 Å². The molecule has 0 aliphatic rings. The minimum Gasteiger partial charge on any atom is -0.459 e. The van der Waals surface area contributed by atoms with E-state index >= 15 is 0 Å². The summed E-state index contributed by atoms with van der Waals surface area (Å²) in [5.41, 5.74) is 4.16. The predicted octanol–water partition coefficient (Wildman–Crippen LogP) is 6.50. The molecule has 0 saturated heterocycles. The third-order valence-corrected chi connectivity index (χ3v) is 5.53. The van der Waals surface area contributed by atoms with Gasteiger partial charge in [0.2, 0.25) is 0 Å². The molecule has 3 rings (SSSR count). The fraction of sp³-hybridized carbons (Fsp3) is 0.261. The van der Waals surface area contributed by atoms with Crippen LogP contribution in [-0.2, 0) is 22.6 Å². The van der Waals surface area contributed by atoms with Crippen LogP contribution in [0.25, 0.3) is 0 Å². The Balaban J connectivity index is 1.67. The summed E-state index contributed by atoms with van der Waals surface area (Å²) in [4.78, 5) is 16.0. The van der Waals surface area contributed by atoms with E-state index < -0.39 is 0 Å². The largest absolute Gasteiger partial charge is 0.459 e. The van der Waals surface area contributed by atoms with E-state index in [1.165, 1.54) is 0 Å². The van der Waals surface area contributed by atoms with E-state index in [-0.39, 0.29) is 24.4 Å². The second-order valence-corrected chi connectivity index (χ2v) is 8.52. The Morgan fingerprint density at radius 3 is 2.39 bits per heavy atom. The number of rotatable bonds is 7. The molecule has 1 heterocycles. The number of aromatic amines is 1. The average molecular weight is 461 g/mol. The molecule has 5 heteroatoms. The van der Waals surface area contributed by atoms with Crippen LogP contribution < -0.4 is 0 Å². The SMILES string of the molecule is CC(C)C(C(=O)OCc1[nH]ccc1Cc1ccc(Cl)cc1)c1ccc(Br)cc1. The molecule has 0 radical (unpaired) electrons. The number of esters is 1. The topological polar surface area (TPSA) is 42.1 Å². The van der Waals surface area contributed by atoms with Crippen LogP contribution in [0.1, 0.15) is 42.1 Å². The van der Waals surface area contributed by atoms with Gasteiger partial charge in [0.15, 0.2) is 0 Å². The summed E-state index contributed by atoms with van der Waals surface area (Å²) >= 11 is 9.39. The molecule has 28 heavy (non-hydrogen) atoms. The molecule has 3 aromatic rings. The van der Waals surface area contributed by atoms with Crippen LogP contribution in [-0.4, -0.2) is 11.0 Å². The van der Waals surface area contributed by atoms with Crippen molar-refractivity contribution >= 4 is 33.5 Å². The highest BCUT2D eigenvalue weighted by molar-refractivity contribution is 9.10. The second kappa shape index (κ2) is 9.44. The number of carbonyl (C=O) groups is 1. The molecule has 1 atom stereocenters. The number of halogens is 2. The van der Waals surface area contributed by atoms with E-state index in [0.717, 1.165) is 38.3 Å². The maximum atomic E-state index is 12.8. The lowest BCUT2D eigenvalue weighted by Crippen LogP contribution is -2.21. The number of H-pyrrole nitrogens is 1. The molecule has 0 bridgehead atoms. The van der Waals surface area contributed by atoms with Gasteiger partial charge in [0, 0.05) is 15.7 Å². The van der Waals surface area contributed by atoms with Crippen molar-refractivity contribution in [2.24, 2.45) is 5.92 Å². The molecular formula is C23H23BrClNO2. The molecule has 1 N–H and O–H groups in total. The Bertz CT molecular complexity index is 917. The number of ether oxygens (including phenoxy) is 1. The van der Waals surface area contributed by atoms with E-state index in [1.54, 1.807) is 0 Å². The number of aromatic nitrogens is 1. The fourth-order valence-corrected chi connectivity index (χ4v) is 3.64. The zero-order chi connectivity index (χ0) is 20.1. The van der Waals surface area contributed by atoms with Gasteiger partial charge in [-0.25, -0.2) is 0 Å². The molecule has 0 amide bonds. The normalized spacial score (nSPS) is 12.2. The third-order valence-electron chi connectivity index (χ3n) is 4.75. The van der Waals surface area contributed by atoms with Gasteiger partial charge < -0.3 is 9.72 Å². The first kappa shape index (κ1) is 20.7. The maximum absolute atomic E-state index is 12.8. The number of nitrogens with one attached hydrogen (secondary N) is 1. The van der Waals surface area contributed by atoms with E-state index in [2.05, 4.69) is 20.9 Å². The summed E-state index contributed by atoms with van der Waals surface area (Å²) in [6, 6.07) is 17.6. The molecule has 146 valence electrons. The minimum atomic E-state index is -0.289. The van der Waals surface area contributed by atoms with Crippen molar-refractivity contribution in [2.75, 3.05) is 0 Å². The Morgan fingerprint density at radius 2 is 1.75 bits per heavy atom. The van der Waals surface area contributed by atoms with E-state index in [1.807, 2.05) is 74.6 Å². The van der Waals surface area contributed by atoms with Crippen molar-refractivity contribution < 1.29 is 9.53 Å². The quantitative estimate of drug-likeness (QED) is 0.409. The summed E-state index contributed by atoms with van der Waals surface area (Å²) in [6.07, 6.45) is 2.64. The third kappa shape index (κ3) is 5.27.